The van der Waals surface area contributed by atoms with Crippen LogP contribution >= 0.6 is 0 Å². The predicted octanol–water partition coefficient (Wildman–Crippen LogP) is 2.59. The van der Waals surface area contributed by atoms with E-state index in [1.54, 1.807) is 12.1 Å². The minimum absolute atomic E-state index is 0.0813. The highest BCUT2D eigenvalue weighted by Crippen LogP contribution is 2.20. The van der Waals surface area contributed by atoms with Gasteiger partial charge in [-0.3, -0.25) is 4.68 Å². The van der Waals surface area contributed by atoms with Crippen molar-refractivity contribution in [2.75, 3.05) is 7.11 Å². The van der Waals surface area contributed by atoms with Gasteiger partial charge >= 0.3 is 0 Å². The van der Waals surface area contributed by atoms with E-state index in [-0.39, 0.29) is 11.9 Å². The first-order valence-corrected chi connectivity index (χ1v) is 7.03. The van der Waals surface area contributed by atoms with Gasteiger partial charge in [0.2, 0.25) is 0 Å². The monoisotopic (exact) mass is 291 g/mol. The second-order valence-electron chi connectivity index (χ2n) is 5.45. The van der Waals surface area contributed by atoms with Crippen LogP contribution < -0.4 is 10.5 Å². The van der Waals surface area contributed by atoms with Crippen LogP contribution in [0.1, 0.15) is 29.4 Å². The van der Waals surface area contributed by atoms with Crippen molar-refractivity contribution in [3.8, 4) is 5.75 Å². The Morgan fingerprint density at radius 1 is 1.38 bits per heavy atom. The van der Waals surface area contributed by atoms with Crippen LogP contribution in [0.15, 0.2) is 18.2 Å². The number of halogens is 1. The largest absolute Gasteiger partial charge is 0.497 e. The topological polar surface area (TPSA) is 53.1 Å². The van der Waals surface area contributed by atoms with Crippen molar-refractivity contribution in [3.63, 3.8) is 0 Å². The Morgan fingerprint density at radius 3 is 2.67 bits per heavy atom. The lowest BCUT2D eigenvalue weighted by Gasteiger charge is -2.09. The standard InChI is InChI=1S/C16H22FN3O/c1-10(18)7-15-11(2)19-20(12(15)3)9-13-5-6-14(21-4)8-16(13)17/h5-6,8,10H,7,9,18H2,1-4H3. The van der Waals surface area contributed by atoms with Crippen LogP contribution in [0.5, 0.6) is 5.75 Å². The number of hydrogen-bond donors (Lipinski definition) is 1. The van der Waals surface area contributed by atoms with Gasteiger partial charge < -0.3 is 10.5 Å². The summed E-state index contributed by atoms with van der Waals surface area (Å²) in [7, 11) is 1.52. The first kappa shape index (κ1) is 15.5. The van der Waals surface area contributed by atoms with Gasteiger partial charge in [-0.05, 0) is 38.8 Å². The van der Waals surface area contributed by atoms with Crippen LogP contribution in [-0.4, -0.2) is 22.9 Å². The van der Waals surface area contributed by atoms with Crippen molar-refractivity contribution in [1.82, 2.24) is 9.78 Å². The summed E-state index contributed by atoms with van der Waals surface area (Å²) in [5, 5.41) is 4.51. The molecule has 1 unspecified atom stereocenters. The highest BCUT2D eigenvalue weighted by atomic mass is 19.1. The number of aryl methyl sites for hydroxylation is 1. The summed E-state index contributed by atoms with van der Waals surface area (Å²) >= 11 is 0. The van der Waals surface area contributed by atoms with Crippen molar-refractivity contribution in [3.05, 3.63) is 46.5 Å². The number of benzene rings is 1. The molecule has 1 aromatic heterocycles. The lowest BCUT2D eigenvalue weighted by Crippen LogP contribution is -2.18. The maximum atomic E-state index is 14.0. The highest BCUT2D eigenvalue weighted by Gasteiger charge is 2.14. The van der Waals surface area contributed by atoms with Crippen molar-refractivity contribution >= 4 is 0 Å². The Kier molecular flexibility index (Phi) is 4.63. The Hall–Kier alpha value is -1.88. The van der Waals surface area contributed by atoms with Gasteiger partial charge in [-0.25, -0.2) is 4.39 Å². The van der Waals surface area contributed by atoms with Crippen LogP contribution in [0.4, 0.5) is 4.39 Å². The number of hydrogen-bond acceptors (Lipinski definition) is 3. The zero-order valence-electron chi connectivity index (χ0n) is 13.0. The number of nitrogens with zero attached hydrogens (tertiary/aromatic N) is 2. The molecule has 2 rings (SSSR count). The number of nitrogens with two attached hydrogens (primary N) is 1. The fourth-order valence-corrected chi connectivity index (χ4v) is 2.45. The molecule has 0 saturated heterocycles. The number of ether oxygens (including phenoxy) is 1. The molecule has 1 atom stereocenters. The summed E-state index contributed by atoms with van der Waals surface area (Å²) in [5.74, 6) is 0.234. The average molecular weight is 291 g/mol. The van der Waals surface area contributed by atoms with E-state index in [1.807, 2.05) is 25.5 Å². The molecule has 4 nitrogen and oxygen atoms in total. The van der Waals surface area contributed by atoms with E-state index < -0.39 is 0 Å². The fourth-order valence-electron chi connectivity index (χ4n) is 2.45. The Morgan fingerprint density at radius 2 is 2.10 bits per heavy atom. The molecule has 0 fully saturated rings. The van der Waals surface area contributed by atoms with Crippen molar-refractivity contribution in [2.45, 2.75) is 39.8 Å². The molecule has 2 aromatic rings. The molecule has 114 valence electrons. The SMILES string of the molecule is COc1ccc(Cn2nc(C)c(CC(C)N)c2C)c(F)c1. The molecule has 0 aliphatic rings. The summed E-state index contributed by atoms with van der Waals surface area (Å²) in [5.41, 5.74) is 9.61. The van der Waals surface area contributed by atoms with Crippen LogP contribution in [0.2, 0.25) is 0 Å². The first-order valence-electron chi connectivity index (χ1n) is 7.03. The summed E-state index contributed by atoms with van der Waals surface area (Å²) in [6, 6.07) is 4.96. The van der Waals surface area contributed by atoms with Gasteiger partial charge in [0.15, 0.2) is 0 Å². The van der Waals surface area contributed by atoms with E-state index in [0.29, 0.717) is 17.9 Å². The molecule has 1 heterocycles. The van der Waals surface area contributed by atoms with Gasteiger partial charge in [-0.15, -0.1) is 0 Å². The fraction of sp³-hybridized carbons (Fsp3) is 0.438. The normalized spacial score (nSPS) is 12.5. The Balaban J connectivity index is 2.28. The molecule has 2 N–H and O–H groups in total. The van der Waals surface area contributed by atoms with Crippen LogP contribution in [0.3, 0.4) is 0 Å². The van der Waals surface area contributed by atoms with Crippen LogP contribution in [0.25, 0.3) is 0 Å². The molecule has 0 saturated carbocycles. The van der Waals surface area contributed by atoms with Gasteiger partial charge in [0.25, 0.3) is 0 Å². The third kappa shape index (κ3) is 3.42. The minimum Gasteiger partial charge on any atom is -0.497 e. The zero-order valence-corrected chi connectivity index (χ0v) is 13.0. The van der Waals surface area contributed by atoms with Gasteiger partial charge in [-0.1, -0.05) is 6.07 Å². The van der Waals surface area contributed by atoms with Crippen molar-refractivity contribution in [1.29, 1.82) is 0 Å². The quantitative estimate of drug-likeness (QED) is 0.921. The highest BCUT2D eigenvalue weighted by molar-refractivity contribution is 5.30. The predicted molar refractivity (Wildman–Crippen MR) is 81.1 cm³/mol. The number of methoxy groups -OCH3 is 1. The van der Waals surface area contributed by atoms with Gasteiger partial charge in [0.1, 0.15) is 11.6 Å². The van der Waals surface area contributed by atoms with Gasteiger partial charge in [-0.2, -0.15) is 5.10 Å². The zero-order chi connectivity index (χ0) is 15.6. The van der Waals surface area contributed by atoms with E-state index in [4.69, 9.17) is 10.5 Å². The molecule has 0 radical (unpaired) electrons. The van der Waals surface area contributed by atoms with Gasteiger partial charge in [0, 0.05) is 23.4 Å². The lowest BCUT2D eigenvalue weighted by atomic mass is 10.1. The van der Waals surface area contributed by atoms with Gasteiger partial charge in [0.05, 0.1) is 19.3 Å². The first-order chi connectivity index (χ1) is 9.92. The molecule has 1 aromatic carbocycles. The smallest absolute Gasteiger partial charge is 0.131 e. The molecule has 0 aliphatic carbocycles. The number of rotatable bonds is 5. The van der Waals surface area contributed by atoms with E-state index in [1.165, 1.54) is 13.2 Å². The molecular weight excluding hydrogens is 269 g/mol. The summed E-state index contributed by atoms with van der Waals surface area (Å²) < 4.78 is 20.9. The molecule has 0 bridgehead atoms. The van der Waals surface area contributed by atoms with E-state index in [0.717, 1.165) is 23.4 Å². The number of aromatic nitrogens is 2. The van der Waals surface area contributed by atoms with Crippen molar-refractivity contribution < 1.29 is 9.13 Å². The molecule has 5 heteroatoms. The van der Waals surface area contributed by atoms with Crippen LogP contribution in [0, 0.1) is 19.7 Å². The summed E-state index contributed by atoms with van der Waals surface area (Å²) in [6.45, 7) is 6.34. The van der Waals surface area contributed by atoms with Crippen LogP contribution in [-0.2, 0) is 13.0 Å². The minimum atomic E-state index is -0.282. The maximum Gasteiger partial charge on any atom is 0.131 e. The Bertz CT molecular complexity index is 635. The molecule has 0 amide bonds. The second kappa shape index (κ2) is 6.26. The molecular formula is C16H22FN3O. The summed E-state index contributed by atoms with van der Waals surface area (Å²) in [4.78, 5) is 0. The van der Waals surface area contributed by atoms with E-state index >= 15 is 0 Å². The summed E-state index contributed by atoms with van der Waals surface area (Å²) in [6.07, 6.45) is 0.781. The lowest BCUT2D eigenvalue weighted by molar-refractivity contribution is 0.410. The third-order valence-corrected chi connectivity index (χ3v) is 3.64. The third-order valence-electron chi connectivity index (χ3n) is 3.64. The maximum absolute atomic E-state index is 14.0. The molecule has 0 spiro atoms. The Labute approximate surface area is 124 Å². The van der Waals surface area contributed by atoms with E-state index in [9.17, 15) is 4.39 Å². The molecule has 21 heavy (non-hydrogen) atoms. The average Bonchev–Trinajstić information content (AvgIpc) is 2.68. The van der Waals surface area contributed by atoms with E-state index in [2.05, 4.69) is 5.10 Å². The molecule has 0 aliphatic heterocycles. The van der Waals surface area contributed by atoms with Crippen molar-refractivity contribution in [2.24, 2.45) is 5.73 Å². The second-order valence-corrected chi connectivity index (χ2v) is 5.45.